The molecule has 1 aromatic carbocycles. The summed E-state index contributed by atoms with van der Waals surface area (Å²) in [6.07, 6.45) is 3.13. The highest BCUT2D eigenvalue weighted by atomic mass is 28.4. The third-order valence-corrected chi connectivity index (χ3v) is 13.4. The summed E-state index contributed by atoms with van der Waals surface area (Å²) in [4.78, 5) is 13.0. The summed E-state index contributed by atoms with van der Waals surface area (Å²) >= 11 is 0. The molecule has 0 radical (unpaired) electrons. The van der Waals surface area contributed by atoms with Crippen LogP contribution in [0, 0.1) is 11.8 Å². The number of hydrogen-bond donors (Lipinski definition) is 1. The monoisotopic (exact) mass is 414 g/mol. The molecule has 1 aromatic rings. The van der Waals surface area contributed by atoms with Gasteiger partial charge in [-0.1, -0.05) is 33.8 Å². The Balaban J connectivity index is 1.71. The van der Waals surface area contributed by atoms with Gasteiger partial charge in [0.1, 0.15) is 5.75 Å². The molecule has 5 heteroatoms. The quantitative estimate of drug-likeness (QED) is 0.709. The van der Waals surface area contributed by atoms with Crippen LogP contribution in [0.15, 0.2) is 12.1 Å². The van der Waals surface area contributed by atoms with Crippen LogP contribution in [-0.4, -0.2) is 30.9 Å². The average Bonchev–Trinajstić information content (AvgIpc) is 2.97. The fourth-order valence-electron chi connectivity index (χ4n) is 6.41. The average molecular weight is 415 g/mol. The van der Waals surface area contributed by atoms with Crippen LogP contribution in [0.2, 0.25) is 18.1 Å². The van der Waals surface area contributed by atoms with Crippen LogP contribution < -0.4 is 9.16 Å². The van der Waals surface area contributed by atoms with E-state index in [2.05, 4.69) is 52.9 Å². The minimum absolute atomic E-state index is 0.0706. The van der Waals surface area contributed by atoms with Gasteiger partial charge in [0.05, 0.1) is 11.0 Å². The molecule has 29 heavy (non-hydrogen) atoms. The number of Topliss-reactive ketones (excluding diaryl/α,β-unsaturated/α-hetero) is 1. The molecule has 2 bridgehead atoms. The number of rotatable bonds is 2. The largest absolute Gasteiger partial charge is 0.541 e. The molecule has 2 fully saturated rings. The molecule has 0 saturated heterocycles. The lowest BCUT2D eigenvalue weighted by Gasteiger charge is -2.61. The lowest BCUT2D eigenvalue weighted by Crippen LogP contribution is -2.71. The number of aliphatic hydroxyl groups is 1. The van der Waals surface area contributed by atoms with Gasteiger partial charge >= 0.3 is 0 Å². The lowest BCUT2D eigenvalue weighted by atomic mass is 9.44. The molecule has 1 N–H and O–H groups in total. The molecular weight excluding hydrogens is 380 g/mol. The fraction of sp³-hybridized carbons (Fsp3) is 0.708. The first-order valence-corrected chi connectivity index (χ1v) is 14.1. The van der Waals surface area contributed by atoms with Gasteiger partial charge in [-0.15, -0.1) is 0 Å². The Morgan fingerprint density at radius 1 is 1.24 bits per heavy atom. The molecule has 2 saturated carbocycles. The maximum absolute atomic E-state index is 13.0. The van der Waals surface area contributed by atoms with Gasteiger partial charge in [-0.25, -0.2) is 0 Å². The van der Waals surface area contributed by atoms with Gasteiger partial charge in [-0.05, 0) is 67.3 Å². The van der Waals surface area contributed by atoms with E-state index in [9.17, 15) is 9.90 Å². The second-order valence-electron chi connectivity index (χ2n) is 11.5. The molecular formula is C24H34O4Si. The van der Waals surface area contributed by atoms with Gasteiger partial charge in [-0.2, -0.15) is 0 Å². The Labute approximate surface area is 175 Å². The van der Waals surface area contributed by atoms with E-state index in [4.69, 9.17) is 9.16 Å². The molecule has 1 heterocycles. The van der Waals surface area contributed by atoms with E-state index >= 15 is 0 Å². The summed E-state index contributed by atoms with van der Waals surface area (Å²) in [7, 11) is -2.06. The zero-order valence-corrected chi connectivity index (χ0v) is 19.6. The Hall–Kier alpha value is -1.33. The van der Waals surface area contributed by atoms with Crippen LogP contribution in [0.1, 0.15) is 64.5 Å². The van der Waals surface area contributed by atoms with Gasteiger partial charge in [0.25, 0.3) is 8.32 Å². The third kappa shape index (κ3) is 2.26. The number of benzene rings is 1. The number of ketones is 1. The summed E-state index contributed by atoms with van der Waals surface area (Å²) < 4.78 is 13.1. The SMILES string of the molecule is CC1CC[C@]23c4c5ccc(O[Si](C)(C)C(C)(C)C)c4O[C@H]2C(=O)CC[C@@]3(O)[C@H]1C5. The minimum Gasteiger partial charge on any atom is -0.541 e. The first-order valence-electron chi connectivity index (χ1n) is 11.2. The number of hydrogen-bond acceptors (Lipinski definition) is 4. The highest BCUT2D eigenvalue weighted by molar-refractivity contribution is 6.74. The van der Waals surface area contributed by atoms with Crippen molar-refractivity contribution in [3.63, 3.8) is 0 Å². The molecule has 1 spiro atoms. The van der Waals surface area contributed by atoms with E-state index in [1.807, 2.05) is 0 Å². The van der Waals surface area contributed by atoms with E-state index < -0.39 is 25.4 Å². The van der Waals surface area contributed by atoms with Crippen molar-refractivity contribution < 1.29 is 19.1 Å². The molecule has 3 aliphatic carbocycles. The predicted molar refractivity (Wildman–Crippen MR) is 115 cm³/mol. The van der Waals surface area contributed by atoms with Crippen LogP contribution in [0.25, 0.3) is 0 Å². The van der Waals surface area contributed by atoms with Crippen molar-refractivity contribution in [1.29, 1.82) is 0 Å². The summed E-state index contributed by atoms with van der Waals surface area (Å²) in [5, 5.41) is 12.2. The van der Waals surface area contributed by atoms with Crippen molar-refractivity contribution >= 4 is 14.1 Å². The highest BCUT2D eigenvalue weighted by Crippen LogP contribution is 2.68. The van der Waals surface area contributed by atoms with Crippen molar-refractivity contribution in [2.24, 2.45) is 11.8 Å². The summed E-state index contributed by atoms with van der Waals surface area (Å²) in [5.41, 5.74) is 0.908. The first-order chi connectivity index (χ1) is 13.4. The highest BCUT2D eigenvalue weighted by Gasteiger charge is 2.72. The standard InChI is InChI=1S/C24H34O4Si/c1-14-9-11-23-19-15-7-8-18(28-29(5,6)22(2,3)4)20(19)27-21(23)17(25)10-12-24(23,26)16(14)13-15/h7-8,14,16,21,26H,9-13H2,1-6H3/t14?,16-,21-,23-,24+/m0/s1. The zero-order valence-electron chi connectivity index (χ0n) is 18.6. The van der Waals surface area contributed by atoms with Crippen molar-refractivity contribution in [1.82, 2.24) is 0 Å². The Kier molecular flexibility index (Phi) is 3.84. The molecule has 158 valence electrons. The molecule has 1 aliphatic heterocycles. The second-order valence-corrected chi connectivity index (χ2v) is 16.2. The van der Waals surface area contributed by atoms with Crippen molar-refractivity contribution in [3.05, 3.63) is 23.3 Å². The maximum atomic E-state index is 13.0. The van der Waals surface area contributed by atoms with Crippen LogP contribution in [0.5, 0.6) is 11.5 Å². The smallest absolute Gasteiger partial charge is 0.250 e. The molecule has 5 atom stereocenters. The normalized spacial score (nSPS) is 37.8. The van der Waals surface area contributed by atoms with Gasteiger partial charge in [0.15, 0.2) is 17.6 Å². The summed E-state index contributed by atoms with van der Waals surface area (Å²) in [6.45, 7) is 13.4. The molecule has 4 aliphatic rings. The van der Waals surface area contributed by atoms with Crippen LogP contribution in [0.3, 0.4) is 0 Å². The maximum Gasteiger partial charge on any atom is 0.250 e. The van der Waals surface area contributed by atoms with Crippen molar-refractivity contribution in [3.8, 4) is 11.5 Å². The predicted octanol–water partition coefficient (Wildman–Crippen LogP) is 4.77. The first kappa shape index (κ1) is 19.6. The van der Waals surface area contributed by atoms with Gasteiger partial charge < -0.3 is 14.3 Å². The van der Waals surface area contributed by atoms with Crippen molar-refractivity contribution in [2.75, 3.05) is 0 Å². The minimum atomic E-state index is -2.06. The summed E-state index contributed by atoms with van der Waals surface area (Å²) in [6, 6.07) is 4.23. The fourth-order valence-corrected chi connectivity index (χ4v) is 7.43. The number of carbonyl (C=O) groups excluding carboxylic acids is 1. The molecule has 1 unspecified atom stereocenters. The van der Waals surface area contributed by atoms with Crippen molar-refractivity contribution in [2.45, 2.75) is 95.1 Å². The lowest BCUT2D eigenvalue weighted by molar-refractivity contribution is -0.186. The zero-order chi connectivity index (χ0) is 21.0. The van der Waals surface area contributed by atoms with Crippen LogP contribution in [-0.2, 0) is 16.6 Å². The van der Waals surface area contributed by atoms with Gasteiger partial charge in [0.2, 0.25) is 0 Å². The van der Waals surface area contributed by atoms with E-state index in [0.29, 0.717) is 18.8 Å². The summed E-state index contributed by atoms with van der Waals surface area (Å²) in [5.74, 6) is 2.32. The van der Waals surface area contributed by atoms with Crippen LogP contribution >= 0.6 is 0 Å². The molecule has 0 aromatic heterocycles. The van der Waals surface area contributed by atoms with E-state index in [1.54, 1.807) is 0 Å². The third-order valence-electron chi connectivity index (χ3n) is 9.06. The Morgan fingerprint density at radius 3 is 2.66 bits per heavy atom. The molecule has 5 rings (SSSR count). The van der Waals surface area contributed by atoms with Crippen LogP contribution in [0.4, 0.5) is 0 Å². The van der Waals surface area contributed by atoms with E-state index in [-0.39, 0.29) is 16.7 Å². The topological polar surface area (TPSA) is 55.8 Å². The number of ether oxygens (including phenoxy) is 1. The van der Waals surface area contributed by atoms with Gasteiger partial charge in [-0.3, -0.25) is 4.79 Å². The van der Waals surface area contributed by atoms with Gasteiger partial charge in [0, 0.05) is 12.0 Å². The van der Waals surface area contributed by atoms with E-state index in [1.165, 1.54) is 5.56 Å². The second kappa shape index (κ2) is 5.67. The molecule has 0 amide bonds. The molecule has 4 nitrogen and oxygen atoms in total. The number of carbonyl (C=O) groups is 1. The Bertz CT molecular complexity index is 901. The Morgan fingerprint density at radius 2 is 1.97 bits per heavy atom. The van der Waals surface area contributed by atoms with E-state index in [0.717, 1.165) is 36.3 Å².